The summed E-state index contributed by atoms with van der Waals surface area (Å²) in [4.78, 5) is 25.6. The zero-order valence-corrected chi connectivity index (χ0v) is 12.3. The van der Waals surface area contributed by atoms with Crippen LogP contribution in [-0.4, -0.2) is 31.0 Å². The molecule has 0 aliphatic heterocycles. The Hall–Kier alpha value is -3.02. The fraction of sp³-hybridized carbons (Fsp3) is 0.125. The van der Waals surface area contributed by atoms with Crippen molar-refractivity contribution in [2.45, 2.75) is 0 Å². The predicted molar refractivity (Wildman–Crippen MR) is 86.1 cm³/mol. The quantitative estimate of drug-likeness (QED) is 0.598. The number of carbonyl (C=O) groups is 2. The van der Waals surface area contributed by atoms with Gasteiger partial charge in [0.05, 0.1) is 5.69 Å². The van der Waals surface area contributed by atoms with E-state index in [0.717, 1.165) is 5.69 Å². The third kappa shape index (κ3) is 3.76. The highest BCUT2D eigenvalue weighted by Crippen LogP contribution is 2.21. The molecule has 0 bridgehead atoms. The number of amides is 2. The summed E-state index contributed by atoms with van der Waals surface area (Å²) in [5.41, 5.74) is 1.60. The number of hydrogen-bond donors (Lipinski definition) is 3. The number of carbonyl (C=O) groups excluding carboxylic acids is 2. The summed E-state index contributed by atoms with van der Waals surface area (Å²) in [6.45, 7) is 0. The van der Waals surface area contributed by atoms with Crippen molar-refractivity contribution in [1.82, 2.24) is 0 Å². The third-order valence-corrected chi connectivity index (χ3v) is 2.98. The fourth-order valence-corrected chi connectivity index (χ4v) is 1.81. The van der Waals surface area contributed by atoms with Crippen LogP contribution in [0, 0.1) is 0 Å². The molecule has 0 atom stereocenters. The van der Waals surface area contributed by atoms with Crippen molar-refractivity contribution in [2.24, 2.45) is 0 Å². The standard InChI is InChI=1S/C16H17N3O3/c1-19(2)12-7-5-6-11(10-12)17-15(21)16(22)18-13-8-3-4-9-14(13)20/h3-10,20H,1-2H3,(H,17,21)(H,18,22). The molecule has 0 saturated heterocycles. The van der Waals surface area contributed by atoms with E-state index >= 15 is 0 Å². The van der Waals surface area contributed by atoms with Gasteiger partial charge >= 0.3 is 11.8 Å². The van der Waals surface area contributed by atoms with E-state index in [9.17, 15) is 14.7 Å². The molecular weight excluding hydrogens is 282 g/mol. The van der Waals surface area contributed by atoms with Crippen LogP contribution >= 0.6 is 0 Å². The van der Waals surface area contributed by atoms with Crippen molar-refractivity contribution in [1.29, 1.82) is 0 Å². The number of rotatable bonds is 3. The number of anilines is 3. The topological polar surface area (TPSA) is 81.7 Å². The average Bonchev–Trinajstić information content (AvgIpc) is 2.49. The lowest BCUT2D eigenvalue weighted by atomic mass is 10.2. The molecule has 114 valence electrons. The Balaban J connectivity index is 2.04. The van der Waals surface area contributed by atoms with Crippen LogP contribution in [-0.2, 0) is 9.59 Å². The second-order valence-electron chi connectivity index (χ2n) is 4.87. The zero-order chi connectivity index (χ0) is 16.1. The maximum absolute atomic E-state index is 11.9. The zero-order valence-electron chi connectivity index (χ0n) is 12.3. The van der Waals surface area contributed by atoms with E-state index in [2.05, 4.69) is 10.6 Å². The molecule has 2 aromatic rings. The van der Waals surface area contributed by atoms with E-state index < -0.39 is 11.8 Å². The van der Waals surface area contributed by atoms with Gasteiger partial charge in [-0.2, -0.15) is 0 Å². The molecule has 2 rings (SSSR count). The highest BCUT2D eigenvalue weighted by molar-refractivity contribution is 6.43. The first kappa shape index (κ1) is 15.4. The van der Waals surface area contributed by atoms with Gasteiger partial charge in [0.1, 0.15) is 5.75 Å². The van der Waals surface area contributed by atoms with Crippen molar-refractivity contribution in [3.05, 3.63) is 48.5 Å². The Bertz CT molecular complexity index is 699. The summed E-state index contributed by atoms with van der Waals surface area (Å²) < 4.78 is 0. The van der Waals surface area contributed by atoms with Crippen molar-refractivity contribution in [3.8, 4) is 5.75 Å². The van der Waals surface area contributed by atoms with Gasteiger partial charge in [0.25, 0.3) is 0 Å². The molecular formula is C16H17N3O3. The molecule has 2 aromatic carbocycles. The van der Waals surface area contributed by atoms with E-state index in [1.165, 1.54) is 12.1 Å². The molecule has 0 spiro atoms. The molecule has 6 nitrogen and oxygen atoms in total. The Labute approximate surface area is 128 Å². The summed E-state index contributed by atoms with van der Waals surface area (Å²) >= 11 is 0. The van der Waals surface area contributed by atoms with Gasteiger partial charge in [0, 0.05) is 25.5 Å². The van der Waals surface area contributed by atoms with Crippen LogP contribution in [0.25, 0.3) is 0 Å². The molecule has 0 heterocycles. The van der Waals surface area contributed by atoms with Gasteiger partial charge in [0.15, 0.2) is 0 Å². The van der Waals surface area contributed by atoms with Crippen LogP contribution in [0.4, 0.5) is 17.1 Å². The Morgan fingerprint density at radius 3 is 2.32 bits per heavy atom. The largest absolute Gasteiger partial charge is 0.506 e. The highest BCUT2D eigenvalue weighted by Gasteiger charge is 2.15. The van der Waals surface area contributed by atoms with E-state index in [0.29, 0.717) is 5.69 Å². The molecule has 22 heavy (non-hydrogen) atoms. The highest BCUT2D eigenvalue weighted by atomic mass is 16.3. The molecule has 0 aliphatic carbocycles. The van der Waals surface area contributed by atoms with Crippen LogP contribution in [0.3, 0.4) is 0 Å². The SMILES string of the molecule is CN(C)c1cccc(NC(=O)C(=O)Nc2ccccc2O)c1. The summed E-state index contributed by atoms with van der Waals surface area (Å²) in [6.07, 6.45) is 0. The van der Waals surface area contributed by atoms with Crippen LogP contribution in [0.1, 0.15) is 0 Å². The molecule has 0 unspecified atom stereocenters. The van der Waals surface area contributed by atoms with Crippen molar-refractivity contribution in [2.75, 3.05) is 29.6 Å². The summed E-state index contributed by atoms with van der Waals surface area (Å²) in [7, 11) is 3.76. The second kappa shape index (κ2) is 6.62. The van der Waals surface area contributed by atoms with Crippen LogP contribution < -0.4 is 15.5 Å². The van der Waals surface area contributed by atoms with Crippen molar-refractivity contribution in [3.63, 3.8) is 0 Å². The van der Waals surface area contributed by atoms with Crippen LogP contribution in [0.15, 0.2) is 48.5 Å². The average molecular weight is 299 g/mol. The Morgan fingerprint density at radius 1 is 0.955 bits per heavy atom. The molecule has 6 heteroatoms. The van der Waals surface area contributed by atoms with Gasteiger partial charge in [-0.3, -0.25) is 9.59 Å². The number of nitrogens with one attached hydrogen (secondary N) is 2. The number of para-hydroxylation sites is 2. The summed E-state index contributed by atoms with van der Waals surface area (Å²) in [5.74, 6) is -1.76. The predicted octanol–water partition coefficient (Wildman–Crippen LogP) is 2.04. The van der Waals surface area contributed by atoms with E-state index in [-0.39, 0.29) is 11.4 Å². The number of aromatic hydroxyl groups is 1. The second-order valence-corrected chi connectivity index (χ2v) is 4.87. The number of nitrogens with zero attached hydrogens (tertiary/aromatic N) is 1. The smallest absolute Gasteiger partial charge is 0.314 e. The lowest BCUT2D eigenvalue weighted by molar-refractivity contribution is -0.133. The van der Waals surface area contributed by atoms with Crippen molar-refractivity contribution >= 4 is 28.9 Å². The molecule has 0 aromatic heterocycles. The fourth-order valence-electron chi connectivity index (χ4n) is 1.81. The lowest BCUT2D eigenvalue weighted by Gasteiger charge is -2.14. The monoisotopic (exact) mass is 299 g/mol. The maximum Gasteiger partial charge on any atom is 0.314 e. The number of hydrogen-bond acceptors (Lipinski definition) is 4. The van der Waals surface area contributed by atoms with Gasteiger partial charge in [-0.15, -0.1) is 0 Å². The minimum atomic E-state index is -0.850. The number of benzene rings is 2. The number of phenolic OH excluding ortho intramolecular Hbond substituents is 1. The molecule has 0 saturated carbocycles. The summed E-state index contributed by atoms with van der Waals surface area (Å²) in [6, 6.07) is 13.3. The summed E-state index contributed by atoms with van der Waals surface area (Å²) in [5, 5.41) is 14.5. The maximum atomic E-state index is 11.9. The Kier molecular flexibility index (Phi) is 4.63. The molecule has 0 fully saturated rings. The Morgan fingerprint density at radius 2 is 1.64 bits per heavy atom. The molecule has 0 radical (unpaired) electrons. The van der Waals surface area contributed by atoms with Gasteiger partial charge in [0.2, 0.25) is 0 Å². The van der Waals surface area contributed by atoms with Gasteiger partial charge in [-0.05, 0) is 30.3 Å². The van der Waals surface area contributed by atoms with Crippen LogP contribution in [0.5, 0.6) is 5.75 Å². The van der Waals surface area contributed by atoms with Crippen molar-refractivity contribution < 1.29 is 14.7 Å². The molecule has 3 N–H and O–H groups in total. The minimum absolute atomic E-state index is 0.0988. The third-order valence-electron chi connectivity index (χ3n) is 2.98. The lowest BCUT2D eigenvalue weighted by Crippen LogP contribution is -2.29. The molecule has 2 amide bonds. The van der Waals surface area contributed by atoms with E-state index in [4.69, 9.17) is 0 Å². The van der Waals surface area contributed by atoms with E-state index in [1.54, 1.807) is 30.3 Å². The molecule has 0 aliphatic rings. The normalized spacial score (nSPS) is 9.91. The van der Waals surface area contributed by atoms with Gasteiger partial charge in [-0.25, -0.2) is 0 Å². The first-order valence-corrected chi connectivity index (χ1v) is 6.65. The first-order valence-electron chi connectivity index (χ1n) is 6.65. The van der Waals surface area contributed by atoms with Gasteiger partial charge < -0.3 is 20.6 Å². The first-order chi connectivity index (χ1) is 10.5. The minimum Gasteiger partial charge on any atom is -0.506 e. The van der Waals surface area contributed by atoms with Crippen LogP contribution in [0.2, 0.25) is 0 Å². The van der Waals surface area contributed by atoms with Gasteiger partial charge in [-0.1, -0.05) is 18.2 Å². The van der Waals surface area contributed by atoms with E-state index in [1.807, 2.05) is 25.1 Å². The number of phenols is 1.